The monoisotopic (exact) mass is 211 g/mol. The zero-order valence-electron chi connectivity index (χ0n) is 8.93. The topological polar surface area (TPSA) is 37.8 Å². The minimum absolute atomic E-state index is 0.611. The lowest BCUT2D eigenvalue weighted by atomic mass is 9.78. The molecule has 1 heterocycles. The van der Waals surface area contributed by atoms with Gasteiger partial charge in [-0.1, -0.05) is 24.3 Å². The van der Waals surface area contributed by atoms with Crippen LogP contribution in [0.25, 0.3) is 0 Å². The lowest BCUT2D eigenvalue weighted by molar-refractivity contribution is 0.633. The number of hydrogen-bond acceptors (Lipinski definition) is 3. The van der Waals surface area contributed by atoms with E-state index >= 15 is 0 Å². The number of nitrogens with zero attached hydrogens (tertiary/aromatic N) is 2. The minimum atomic E-state index is 0.611. The Morgan fingerprint density at radius 3 is 2.75 bits per heavy atom. The van der Waals surface area contributed by atoms with Gasteiger partial charge in [-0.25, -0.2) is 9.97 Å². The molecule has 0 aliphatic heterocycles. The largest absolute Gasteiger partial charge is 0.354 e. The molecule has 0 bridgehead atoms. The van der Waals surface area contributed by atoms with Gasteiger partial charge in [-0.05, 0) is 23.6 Å². The molecule has 1 aliphatic rings. The molecule has 2 aromatic rings. The van der Waals surface area contributed by atoms with Crippen molar-refractivity contribution in [2.24, 2.45) is 0 Å². The van der Waals surface area contributed by atoms with Gasteiger partial charge in [-0.2, -0.15) is 0 Å². The Labute approximate surface area is 94.6 Å². The van der Waals surface area contributed by atoms with Crippen molar-refractivity contribution in [1.29, 1.82) is 0 Å². The number of aromatic nitrogens is 2. The fraction of sp³-hybridized carbons (Fsp3) is 0.231. The number of hydrogen-bond donors (Lipinski definition) is 1. The van der Waals surface area contributed by atoms with Crippen LogP contribution in [0.1, 0.15) is 17.0 Å². The Bertz CT molecular complexity index is 482. The number of fused-ring (bicyclic) bond motifs is 1. The first-order chi connectivity index (χ1) is 7.93. The maximum absolute atomic E-state index is 4.14. The second kappa shape index (κ2) is 3.93. The summed E-state index contributed by atoms with van der Waals surface area (Å²) in [6, 6.07) is 10.4. The minimum Gasteiger partial charge on any atom is -0.354 e. The molecule has 1 aliphatic carbocycles. The first kappa shape index (κ1) is 9.33. The van der Waals surface area contributed by atoms with Crippen molar-refractivity contribution in [3.8, 4) is 0 Å². The summed E-state index contributed by atoms with van der Waals surface area (Å²) in [6.45, 7) is 0.918. The molecular weight excluding hydrogens is 198 g/mol. The number of benzene rings is 1. The van der Waals surface area contributed by atoms with Gasteiger partial charge in [0.2, 0.25) is 5.95 Å². The molecule has 1 N–H and O–H groups in total. The van der Waals surface area contributed by atoms with Crippen LogP contribution in [0.15, 0.2) is 42.7 Å². The standard InChI is InChI=1S/C13H13N3/c1-2-5-12-10(4-1)8-11(12)9-16-13-14-6-3-7-15-13/h1-7,11H,8-9H2,(H,14,15,16). The molecule has 1 aromatic heterocycles. The molecule has 0 amide bonds. The van der Waals surface area contributed by atoms with Gasteiger partial charge in [0.15, 0.2) is 0 Å². The van der Waals surface area contributed by atoms with E-state index in [2.05, 4.69) is 39.6 Å². The third-order valence-electron chi connectivity index (χ3n) is 3.03. The summed E-state index contributed by atoms with van der Waals surface area (Å²) < 4.78 is 0. The van der Waals surface area contributed by atoms with Gasteiger partial charge in [-0.3, -0.25) is 0 Å². The summed E-state index contributed by atoms with van der Waals surface area (Å²) in [4.78, 5) is 8.29. The van der Waals surface area contributed by atoms with Crippen molar-refractivity contribution in [2.45, 2.75) is 12.3 Å². The Morgan fingerprint density at radius 2 is 1.94 bits per heavy atom. The predicted octanol–water partition coefficient (Wildman–Crippen LogP) is 2.23. The number of rotatable bonds is 3. The van der Waals surface area contributed by atoms with Crippen molar-refractivity contribution < 1.29 is 0 Å². The van der Waals surface area contributed by atoms with Crippen molar-refractivity contribution in [3.05, 3.63) is 53.9 Å². The second-order valence-electron chi connectivity index (χ2n) is 4.05. The summed E-state index contributed by atoms with van der Waals surface area (Å²) >= 11 is 0. The summed E-state index contributed by atoms with van der Waals surface area (Å²) in [5, 5.41) is 3.27. The maximum Gasteiger partial charge on any atom is 0.222 e. The summed E-state index contributed by atoms with van der Waals surface area (Å²) in [6.07, 6.45) is 4.67. The van der Waals surface area contributed by atoms with Crippen LogP contribution in [0.2, 0.25) is 0 Å². The molecular formula is C13H13N3. The van der Waals surface area contributed by atoms with E-state index in [9.17, 15) is 0 Å². The quantitative estimate of drug-likeness (QED) is 0.846. The summed E-state index contributed by atoms with van der Waals surface area (Å²) in [5.74, 6) is 1.33. The summed E-state index contributed by atoms with van der Waals surface area (Å²) in [7, 11) is 0. The van der Waals surface area contributed by atoms with Crippen LogP contribution >= 0.6 is 0 Å². The Morgan fingerprint density at radius 1 is 1.12 bits per heavy atom. The molecule has 3 nitrogen and oxygen atoms in total. The highest BCUT2D eigenvalue weighted by Crippen LogP contribution is 2.34. The first-order valence-electron chi connectivity index (χ1n) is 5.52. The lowest BCUT2D eigenvalue weighted by Crippen LogP contribution is -2.24. The Kier molecular flexibility index (Phi) is 2.29. The van der Waals surface area contributed by atoms with Crippen LogP contribution in [-0.4, -0.2) is 16.5 Å². The van der Waals surface area contributed by atoms with E-state index in [-0.39, 0.29) is 0 Å². The normalized spacial score (nSPS) is 17.4. The van der Waals surface area contributed by atoms with Crippen LogP contribution < -0.4 is 5.32 Å². The van der Waals surface area contributed by atoms with Crippen LogP contribution in [0, 0.1) is 0 Å². The van der Waals surface area contributed by atoms with E-state index in [4.69, 9.17) is 0 Å². The van der Waals surface area contributed by atoms with Gasteiger partial charge in [0.05, 0.1) is 0 Å². The lowest BCUT2D eigenvalue weighted by Gasteiger charge is -2.30. The van der Waals surface area contributed by atoms with Gasteiger partial charge in [0.1, 0.15) is 0 Å². The molecule has 3 heteroatoms. The Balaban J connectivity index is 1.63. The van der Waals surface area contributed by atoms with Gasteiger partial charge in [0, 0.05) is 24.9 Å². The van der Waals surface area contributed by atoms with E-state index in [0.29, 0.717) is 11.9 Å². The predicted molar refractivity (Wildman–Crippen MR) is 63.4 cm³/mol. The summed E-state index contributed by atoms with van der Waals surface area (Å²) in [5.41, 5.74) is 2.94. The van der Waals surface area contributed by atoms with Gasteiger partial charge < -0.3 is 5.32 Å². The van der Waals surface area contributed by atoms with E-state index in [0.717, 1.165) is 13.0 Å². The van der Waals surface area contributed by atoms with Crippen LogP contribution in [-0.2, 0) is 6.42 Å². The SMILES string of the molecule is c1cnc(NCC2Cc3ccccc32)nc1. The van der Waals surface area contributed by atoms with Gasteiger partial charge in [-0.15, -0.1) is 0 Å². The molecule has 0 saturated carbocycles. The fourth-order valence-electron chi connectivity index (χ4n) is 2.15. The highest BCUT2D eigenvalue weighted by atomic mass is 15.1. The van der Waals surface area contributed by atoms with Crippen LogP contribution in [0.3, 0.4) is 0 Å². The van der Waals surface area contributed by atoms with Gasteiger partial charge >= 0.3 is 0 Å². The number of nitrogens with one attached hydrogen (secondary N) is 1. The number of anilines is 1. The molecule has 3 rings (SSSR count). The molecule has 16 heavy (non-hydrogen) atoms. The molecule has 0 spiro atoms. The third-order valence-corrected chi connectivity index (χ3v) is 3.03. The van der Waals surface area contributed by atoms with Crippen molar-refractivity contribution >= 4 is 5.95 Å². The van der Waals surface area contributed by atoms with Crippen LogP contribution in [0.5, 0.6) is 0 Å². The van der Waals surface area contributed by atoms with Crippen molar-refractivity contribution in [2.75, 3.05) is 11.9 Å². The zero-order valence-corrected chi connectivity index (χ0v) is 8.93. The molecule has 1 aromatic carbocycles. The molecule has 1 atom stereocenters. The molecule has 0 radical (unpaired) electrons. The third kappa shape index (κ3) is 1.65. The molecule has 0 fully saturated rings. The van der Waals surface area contributed by atoms with E-state index in [1.54, 1.807) is 12.4 Å². The highest BCUT2D eigenvalue weighted by molar-refractivity contribution is 5.41. The van der Waals surface area contributed by atoms with Crippen LogP contribution in [0.4, 0.5) is 5.95 Å². The molecule has 80 valence electrons. The van der Waals surface area contributed by atoms with Crippen molar-refractivity contribution in [1.82, 2.24) is 9.97 Å². The second-order valence-corrected chi connectivity index (χ2v) is 4.05. The highest BCUT2D eigenvalue weighted by Gasteiger charge is 2.24. The molecule has 0 saturated heterocycles. The Hall–Kier alpha value is -1.90. The fourth-order valence-corrected chi connectivity index (χ4v) is 2.15. The first-order valence-corrected chi connectivity index (χ1v) is 5.52. The van der Waals surface area contributed by atoms with Gasteiger partial charge in [0.25, 0.3) is 0 Å². The zero-order chi connectivity index (χ0) is 10.8. The van der Waals surface area contributed by atoms with E-state index in [1.165, 1.54) is 11.1 Å². The van der Waals surface area contributed by atoms with E-state index in [1.807, 2.05) is 6.07 Å². The average Bonchev–Trinajstić information content (AvgIpc) is 2.32. The molecule has 1 unspecified atom stereocenters. The maximum atomic E-state index is 4.14. The van der Waals surface area contributed by atoms with Crippen molar-refractivity contribution in [3.63, 3.8) is 0 Å². The van der Waals surface area contributed by atoms with E-state index < -0.39 is 0 Å². The smallest absolute Gasteiger partial charge is 0.222 e. The average molecular weight is 211 g/mol.